The molecule has 2 heterocycles. The van der Waals surface area contributed by atoms with Crippen molar-refractivity contribution < 1.29 is 9.53 Å². The van der Waals surface area contributed by atoms with E-state index in [2.05, 4.69) is 41.6 Å². The van der Waals surface area contributed by atoms with Crippen LogP contribution < -0.4 is 5.32 Å². The van der Waals surface area contributed by atoms with Crippen molar-refractivity contribution in [3.8, 4) is 0 Å². The van der Waals surface area contributed by atoms with Crippen molar-refractivity contribution in [1.82, 2.24) is 15.1 Å². The number of carbonyl (C=O) groups is 1. The minimum Gasteiger partial charge on any atom is -0.368 e. The van der Waals surface area contributed by atoms with E-state index in [1.54, 1.807) is 6.20 Å². The maximum absolute atomic E-state index is 12.6. The molecule has 1 aliphatic carbocycles. The van der Waals surface area contributed by atoms with Crippen molar-refractivity contribution in [3.05, 3.63) is 53.9 Å². The summed E-state index contributed by atoms with van der Waals surface area (Å²) in [7, 11) is 0. The second-order valence-electron chi connectivity index (χ2n) is 7.30. The van der Waals surface area contributed by atoms with Crippen LogP contribution in [0.25, 0.3) is 0 Å². The molecule has 5 heteroatoms. The van der Waals surface area contributed by atoms with E-state index >= 15 is 0 Å². The van der Waals surface area contributed by atoms with Gasteiger partial charge in [0.05, 0.1) is 0 Å². The topological polar surface area (TPSA) is 56.1 Å². The zero-order valence-electron chi connectivity index (χ0n) is 14.6. The molecule has 0 bridgehead atoms. The molecule has 1 aliphatic heterocycles. The lowest BCUT2D eigenvalue weighted by Crippen LogP contribution is -2.49. The minimum atomic E-state index is -0.346. The minimum absolute atomic E-state index is 0.0443. The maximum Gasteiger partial charge on any atom is 0.249 e. The maximum atomic E-state index is 12.6. The first-order valence-corrected chi connectivity index (χ1v) is 9.15. The number of hydrogen-bond donors (Lipinski definition) is 1. The molecule has 0 radical (unpaired) electrons. The average molecular weight is 339 g/mol. The molecule has 1 N–H and O–H groups in total. The van der Waals surface area contributed by atoms with Gasteiger partial charge in [-0.25, -0.2) is 0 Å². The summed E-state index contributed by atoms with van der Waals surface area (Å²) in [5.74, 6) is 0.811. The van der Waals surface area contributed by atoms with Crippen LogP contribution in [0, 0.1) is 12.8 Å². The van der Waals surface area contributed by atoms with Crippen LogP contribution in [0.15, 0.2) is 42.7 Å². The zero-order valence-corrected chi connectivity index (χ0v) is 14.6. The molecule has 4 rings (SSSR count). The van der Waals surface area contributed by atoms with Crippen LogP contribution >= 0.6 is 0 Å². The molecule has 2 fully saturated rings. The Morgan fingerprint density at radius 3 is 2.92 bits per heavy atom. The summed E-state index contributed by atoms with van der Waals surface area (Å²) >= 11 is 0. The van der Waals surface area contributed by atoms with Gasteiger partial charge in [0.25, 0.3) is 0 Å². The highest BCUT2D eigenvalue weighted by Gasteiger charge is 2.38. The van der Waals surface area contributed by atoms with Crippen molar-refractivity contribution in [3.63, 3.8) is 0 Å². The van der Waals surface area contributed by atoms with Gasteiger partial charge >= 0.3 is 0 Å². The number of amides is 1. The number of nitrogens with zero attached hydrogens (tertiary/aromatic N) is 2. The Bertz CT molecular complexity index is 722. The van der Waals surface area contributed by atoms with Crippen molar-refractivity contribution in [2.75, 3.05) is 6.61 Å². The monoisotopic (exact) mass is 339 g/mol. The molecule has 5 nitrogen and oxygen atoms in total. The van der Waals surface area contributed by atoms with E-state index in [0.717, 1.165) is 25.8 Å². The van der Waals surface area contributed by atoms with Gasteiger partial charge < -0.3 is 10.1 Å². The highest BCUT2D eigenvalue weighted by atomic mass is 16.5. The summed E-state index contributed by atoms with van der Waals surface area (Å²) < 4.78 is 7.61. The number of aromatic nitrogens is 2. The number of benzene rings is 1. The molecule has 2 aromatic rings. The fourth-order valence-corrected chi connectivity index (χ4v) is 4.08. The van der Waals surface area contributed by atoms with E-state index in [4.69, 9.17) is 4.74 Å². The lowest BCUT2D eigenvalue weighted by molar-refractivity contribution is -0.133. The van der Waals surface area contributed by atoms with Crippen LogP contribution in [-0.2, 0) is 16.1 Å². The Labute approximate surface area is 148 Å². The molecular weight excluding hydrogens is 314 g/mol. The van der Waals surface area contributed by atoms with Crippen LogP contribution in [0.2, 0.25) is 0 Å². The summed E-state index contributed by atoms with van der Waals surface area (Å²) in [6.45, 7) is 3.55. The van der Waals surface area contributed by atoms with Crippen molar-refractivity contribution in [1.29, 1.82) is 0 Å². The van der Waals surface area contributed by atoms with E-state index in [0.29, 0.717) is 12.5 Å². The molecule has 1 saturated carbocycles. The van der Waals surface area contributed by atoms with Gasteiger partial charge in [-0.15, -0.1) is 0 Å². The molecule has 132 valence electrons. The van der Waals surface area contributed by atoms with Gasteiger partial charge in [-0.3, -0.25) is 9.48 Å². The van der Waals surface area contributed by atoms with Gasteiger partial charge in [0.2, 0.25) is 5.91 Å². The third-order valence-corrected chi connectivity index (χ3v) is 5.57. The van der Waals surface area contributed by atoms with Gasteiger partial charge in [-0.2, -0.15) is 5.10 Å². The molecule has 1 amide bonds. The fourth-order valence-electron chi connectivity index (χ4n) is 4.08. The number of hydrogen-bond acceptors (Lipinski definition) is 3. The molecular formula is C20H25N3O2. The largest absolute Gasteiger partial charge is 0.368 e. The van der Waals surface area contributed by atoms with E-state index in [9.17, 15) is 4.79 Å². The smallest absolute Gasteiger partial charge is 0.249 e. The van der Waals surface area contributed by atoms with Gasteiger partial charge in [0.15, 0.2) is 0 Å². The predicted molar refractivity (Wildman–Crippen MR) is 95.2 cm³/mol. The Balaban J connectivity index is 1.30. The average Bonchev–Trinajstić information content (AvgIpc) is 3.24. The third kappa shape index (κ3) is 3.47. The normalized spacial score (nSPS) is 28.5. The molecule has 0 spiro atoms. The van der Waals surface area contributed by atoms with Crippen LogP contribution in [0.5, 0.6) is 0 Å². The Hall–Kier alpha value is -2.14. The summed E-state index contributed by atoms with van der Waals surface area (Å²) in [4.78, 5) is 12.6. The molecule has 25 heavy (non-hydrogen) atoms. The predicted octanol–water partition coefficient (Wildman–Crippen LogP) is 2.66. The van der Waals surface area contributed by atoms with E-state index < -0.39 is 0 Å². The molecule has 2 atom stereocenters. The van der Waals surface area contributed by atoms with E-state index in [1.807, 2.05) is 16.9 Å². The highest BCUT2D eigenvalue weighted by Crippen LogP contribution is 2.38. The lowest BCUT2D eigenvalue weighted by Gasteiger charge is -2.37. The molecule has 1 aromatic carbocycles. The standard InChI is InChI=1S/C20H25N3O2/c1-14-5-2-3-6-18(14)16-11-17(12-16)22-20(24)19-15(7-10-25-19)13-23-9-4-8-21-23/h2-6,8-9,15-17,19H,7,10-13H2,1H3,(H,22,24)/t15-,16?,17?,19-/m1/s1. The summed E-state index contributed by atoms with van der Waals surface area (Å²) in [5.41, 5.74) is 2.76. The number of aryl methyl sites for hydroxylation is 1. The number of rotatable bonds is 5. The zero-order chi connectivity index (χ0) is 17.2. The Morgan fingerprint density at radius 2 is 2.16 bits per heavy atom. The number of nitrogens with one attached hydrogen (secondary N) is 1. The first kappa shape index (κ1) is 16.3. The number of ether oxygens (including phenoxy) is 1. The van der Waals surface area contributed by atoms with Crippen LogP contribution in [0.4, 0.5) is 0 Å². The molecule has 1 aromatic heterocycles. The second kappa shape index (κ2) is 7.00. The number of carbonyl (C=O) groups excluding carboxylic acids is 1. The molecule has 1 saturated heterocycles. The highest BCUT2D eigenvalue weighted by molar-refractivity contribution is 5.81. The van der Waals surface area contributed by atoms with Crippen molar-refractivity contribution in [2.24, 2.45) is 5.92 Å². The summed E-state index contributed by atoms with van der Waals surface area (Å²) in [5, 5.41) is 7.44. The fraction of sp³-hybridized carbons (Fsp3) is 0.500. The van der Waals surface area contributed by atoms with Gasteiger partial charge in [0, 0.05) is 37.5 Å². The Morgan fingerprint density at radius 1 is 1.32 bits per heavy atom. The third-order valence-electron chi connectivity index (χ3n) is 5.57. The van der Waals surface area contributed by atoms with Crippen LogP contribution in [0.3, 0.4) is 0 Å². The first-order chi connectivity index (χ1) is 12.2. The SMILES string of the molecule is Cc1ccccc1C1CC(NC(=O)[C@@H]2OCC[C@@H]2Cn2cccn2)C1. The van der Waals surface area contributed by atoms with Crippen molar-refractivity contribution >= 4 is 5.91 Å². The van der Waals surface area contributed by atoms with Crippen LogP contribution in [0.1, 0.15) is 36.3 Å². The molecule has 2 aliphatic rings. The lowest BCUT2D eigenvalue weighted by atomic mass is 9.74. The van der Waals surface area contributed by atoms with Crippen molar-refractivity contribution in [2.45, 2.75) is 50.8 Å². The summed E-state index contributed by atoms with van der Waals surface area (Å²) in [6, 6.07) is 10.7. The quantitative estimate of drug-likeness (QED) is 0.911. The second-order valence-corrected chi connectivity index (χ2v) is 7.30. The Kier molecular flexibility index (Phi) is 4.57. The van der Waals surface area contributed by atoms with Gasteiger partial charge in [-0.1, -0.05) is 24.3 Å². The summed E-state index contributed by atoms with van der Waals surface area (Å²) in [6.07, 6.45) is 6.31. The first-order valence-electron chi connectivity index (χ1n) is 9.15. The molecule has 0 unspecified atom stereocenters. The van der Waals surface area contributed by atoms with Crippen LogP contribution in [-0.4, -0.2) is 34.4 Å². The van der Waals surface area contributed by atoms with Gasteiger partial charge in [-0.05, 0) is 49.3 Å². The van der Waals surface area contributed by atoms with Gasteiger partial charge in [0.1, 0.15) is 6.10 Å². The van der Waals surface area contributed by atoms with E-state index in [-0.39, 0.29) is 24.0 Å². The van der Waals surface area contributed by atoms with E-state index in [1.165, 1.54) is 11.1 Å².